The van der Waals surface area contributed by atoms with Crippen LogP contribution in [0.3, 0.4) is 0 Å². The van der Waals surface area contributed by atoms with E-state index in [1.807, 2.05) is 6.92 Å². The molecule has 1 aromatic heterocycles. The second-order valence-electron chi connectivity index (χ2n) is 8.03. The van der Waals surface area contributed by atoms with Gasteiger partial charge in [-0.05, 0) is 60.9 Å². The first kappa shape index (κ1) is 22.3. The zero-order valence-electron chi connectivity index (χ0n) is 18.8. The van der Waals surface area contributed by atoms with Crippen molar-refractivity contribution in [1.29, 1.82) is 0 Å². The van der Waals surface area contributed by atoms with Gasteiger partial charge in [0.05, 0.1) is 0 Å². The summed E-state index contributed by atoms with van der Waals surface area (Å²) in [4.78, 5) is 9.50. The van der Waals surface area contributed by atoms with Gasteiger partial charge in [0.25, 0.3) is 0 Å². The highest BCUT2D eigenvalue weighted by Crippen LogP contribution is 2.30. The summed E-state index contributed by atoms with van der Waals surface area (Å²) >= 11 is 6.63. The molecule has 3 aromatic rings. The summed E-state index contributed by atoms with van der Waals surface area (Å²) in [5.74, 6) is 2.03. The summed E-state index contributed by atoms with van der Waals surface area (Å²) in [7, 11) is 0. The minimum absolute atomic E-state index is 0.351. The average Bonchev–Trinajstić information content (AvgIpc) is 2.73. The third kappa shape index (κ3) is 4.67. The van der Waals surface area contributed by atoms with E-state index >= 15 is 0 Å². The molecule has 0 spiro atoms. The van der Waals surface area contributed by atoms with Crippen LogP contribution in [-0.4, -0.2) is 9.97 Å². The van der Waals surface area contributed by atoms with E-state index < -0.39 is 0 Å². The van der Waals surface area contributed by atoms with Gasteiger partial charge in [-0.15, -0.1) is 0 Å². The molecule has 0 fully saturated rings. The van der Waals surface area contributed by atoms with E-state index in [9.17, 15) is 0 Å². The van der Waals surface area contributed by atoms with E-state index in [0.717, 1.165) is 41.0 Å². The Balaban J connectivity index is 1.93. The molecule has 3 rings (SSSR count). The first-order chi connectivity index (χ1) is 14.3. The molecular weight excluding hydrogens is 392 g/mol. The quantitative estimate of drug-likeness (QED) is 0.376. The Morgan fingerprint density at radius 2 is 1.63 bits per heavy atom. The fraction of sp³-hybridized carbons (Fsp3) is 0.385. The van der Waals surface area contributed by atoms with E-state index in [4.69, 9.17) is 21.3 Å². The number of aromatic nitrogens is 2. The van der Waals surface area contributed by atoms with Crippen LogP contribution in [0.25, 0.3) is 11.4 Å². The summed E-state index contributed by atoms with van der Waals surface area (Å²) in [5.41, 5.74) is 7.66. The van der Waals surface area contributed by atoms with Crippen LogP contribution in [0.15, 0.2) is 36.4 Å². The maximum atomic E-state index is 6.63. The fourth-order valence-corrected chi connectivity index (χ4v) is 3.92. The van der Waals surface area contributed by atoms with Gasteiger partial charge in [-0.3, -0.25) is 0 Å². The van der Waals surface area contributed by atoms with Gasteiger partial charge in [-0.1, -0.05) is 69.6 Å². The van der Waals surface area contributed by atoms with Crippen molar-refractivity contribution in [3.05, 3.63) is 75.1 Å². The maximum Gasteiger partial charge on any atom is 0.161 e. The highest BCUT2D eigenvalue weighted by Gasteiger charge is 2.17. The molecule has 0 unspecified atom stereocenters. The summed E-state index contributed by atoms with van der Waals surface area (Å²) in [6.07, 6.45) is 1.86. The molecule has 0 N–H and O–H groups in total. The molecule has 0 amide bonds. The number of hydrogen-bond acceptors (Lipinski definition) is 3. The Morgan fingerprint density at radius 1 is 0.967 bits per heavy atom. The molecule has 0 saturated carbocycles. The minimum atomic E-state index is 0.351. The van der Waals surface area contributed by atoms with E-state index in [2.05, 4.69) is 76.0 Å². The Morgan fingerprint density at radius 3 is 2.20 bits per heavy atom. The molecule has 30 heavy (non-hydrogen) atoms. The van der Waals surface area contributed by atoms with E-state index in [1.54, 1.807) is 0 Å². The molecule has 0 aliphatic rings. The number of nitrogens with zero attached hydrogens (tertiary/aromatic N) is 2. The largest absolute Gasteiger partial charge is 0.488 e. The van der Waals surface area contributed by atoms with E-state index in [-0.39, 0.29) is 0 Å². The van der Waals surface area contributed by atoms with Gasteiger partial charge in [0.15, 0.2) is 5.82 Å². The molecule has 1 heterocycles. The summed E-state index contributed by atoms with van der Waals surface area (Å²) < 4.78 is 6.15. The number of benzene rings is 2. The second kappa shape index (κ2) is 9.61. The second-order valence-corrected chi connectivity index (χ2v) is 8.39. The van der Waals surface area contributed by atoms with E-state index in [1.165, 1.54) is 16.7 Å². The highest BCUT2D eigenvalue weighted by molar-refractivity contribution is 6.30. The van der Waals surface area contributed by atoms with Crippen molar-refractivity contribution in [2.24, 2.45) is 0 Å². The smallest absolute Gasteiger partial charge is 0.161 e. The maximum absolute atomic E-state index is 6.63. The molecule has 4 heteroatoms. The topological polar surface area (TPSA) is 35.0 Å². The molecule has 3 nitrogen and oxygen atoms in total. The molecule has 0 saturated heterocycles. The average molecular weight is 423 g/mol. The summed E-state index contributed by atoms with van der Waals surface area (Å²) in [6.45, 7) is 13.1. The zero-order valence-corrected chi connectivity index (χ0v) is 19.6. The Bertz CT molecular complexity index is 998. The first-order valence-electron chi connectivity index (χ1n) is 10.7. The Labute approximate surface area is 185 Å². The first-order valence-corrected chi connectivity index (χ1v) is 11.1. The van der Waals surface area contributed by atoms with Gasteiger partial charge >= 0.3 is 0 Å². The van der Waals surface area contributed by atoms with Crippen molar-refractivity contribution in [3.63, 3.8) is 0 Å². The van der Waals surface area contributed by atoms with Crippen LogP contribution in [0.4, 0.5) is 0 Å². The molecule has 0 bridgehead atoms. The van der Waals surface area contributed by atoms with Gasteiger partial charge in [0.2, 0.25) is 0 Å². The molecule has 158 valence electrons. The van der Waals surface area contributed by atoms with E-state index in [0.29, 0.717) is 23.5 Å². The Hall–Kier alpha value is -2.39. The van der Waals surface area contributed by atoms with Crippen LogP contribution < -0.4 is 4.74 Å². The normalized spacial score (nSPS) is 11.2. The standard InChI is InChI=1S/C26H31ClN2O/c1-7-19-10-9-11-20(8-2)24(19)26-28-18(6)22(25(27)29-26)15-30-23-14-21(16(3)4)13-12-17(23)5/h9-14,16H,7-8,15H2,1-6H3. The number of ether oxygens (including phenoxy) is 1. The van der Waals surface area contributed by atoms with Crippen molar-refractivity contribution >= 4 is 11.6 Å². The monoisotopic (exact) mass is 422 g/mol. The molecular formula is C26H31ClN2O. The molecule has 0 aliphatic carbocycles. The Kier molecular flexibility index (Phi) is 7.14. The minimum Gasteiger partial charge on any atom is -0.488 e. The number of hydrogen-bond donors (Lipinski definition) is 0. The SMILES string of the molecule is CCc1cccc(CC)c1-c1nc(C)c(COc2cc(C(C)C)ccc2C)c(Cl)n1. The number of rotatable bonds is 7. The van der Waals surface area contributed by atoms with Gasteiger partial charge in [-0.25, -0.2) is 9.97 Å². The van der Waals surface area contributed by atoms with Crippen molar-refractivity contribution in [1.82, 2.24) is 9.97 Å². The van der Waals surface area contributed by atoms with Gasteiger partial charge in [0, 0.05) is 16.8 Å². The van der Waals surface area contributed by atoms with Crippen molar-refractivity contribution in [3.8, 4) is 17.1 Å². The van der Waals surface area contributed by atoms with Crippen LogP contribution in [-0.2, 0) is 19.4 Å². The van der Waals surface area contributed by atoms with Crippen molar-refractivity contribution < 1.29 is 4.74 Å². The lowest BCUT2D eigenvalue weighted by Gasteiger charge is -2.16. The lowest BCUT2D eigenvalue weighted by Crippen LogP contribution is -2.07. The highest BCUT2D eigenvalue weighted by atomic mass is 35.5. The fourth-order valence-electron chi connectivity index (χ4n) is 3.65. The van der Waals surface area contributed by atoms with Gasteiger partial charge < -0.3 is 4.74 Å². The lowest BCUT2D eigenvalue weighted by atomic mass is 9.97. The zero-order chi connectivity index (χ0) is 21.8. The van der Waals surface area contributed by atoms with Gasteiger partial charge in [0.1, 0.15) is 17.5 Å². The number of aryl methyl sites for hydroxylation is 4. The third-order valence-corrected chi connectivity index (χ3v) is 5.95. The molecule has 0 aliphatic heterocycles. The van der Waals surface area contributed by atoms with Gasteiger partial charge in [-0.2, -0.15) is 0 Å². The van der Waals surface area contributed by atoms with Crippen LogP contribution in [0.5, 0.6) is 5.75 Å². The van der Waals surface area contributed by atoms with Crippen LogP contribution in [0.2, 0.25) is 5.15 Å². The summed E-state index contributed by atoms with van der Waals surface area (Å²) in [5, 5.41) is 0.461. The summed E-state index contributed by atoms with van der Waals surface area (Å²) in [6, 6.07) is 12.8. The van der Waals surface area contributed by atoms with Crippen LogP contribution in [0, 0.1) is 13.8 Å². The molecule has 2 aromatic carbocycles. The van der Waals surface area contributed by atoms with Crippen molar-refractivity contribution in [2.75, 3.05) is 0 Å². The lowest BCUT2D eigenvalue weighted by molar-refractivity contribution is 0.302. The predicted octanol–water partition coefficient (Wildman–Crippen LogP) is 7.24. The molecule has 0 radical (unpaired) electrons. The molecule has 0 atom stereocenters. The third-order valence-electron chi connectivity index (χ3n) is 5.64. The number of halogens is 1. The van der Waals surface area contributed by atoms with Crippen LogP contribution >= 0.6 is 11.6 Å². The van der Waals surface area contributed by atoms with Crippen LogP contribution in [0.1, 0.15) is 67.1 Å². The van der Waals surface area contributed by atoms with Crippen molar-refractivity contribution in [2.45, 2.75) is 66.9 Å². The predicted molar refractivity (Wildman–Crippen MR) is 126 cm³/mol.